The Morgan fingerprint density at radius 1 is 0.969 bits per heavy atom. The maximum Gasteiger partial charge on any atom is 0.200 e. The Balaban J connectivity index is 1.66. The molecule has 1 aliphatic rings. The summed E-state index contributed by atoms with van der Waals surface area (Å²) in [5, 5.41) is 13.8. The summed E-state index contributed by atoms with van der Waals surface area (Å²) >= 11 is 0. The molecule has 4 aromatic rings. The highest BCUT2D eigenvalue weighted by Crippen LogP contribution is 2.43. The van der Waals surface area contributed by atoms with E-state index in [2.05, 4.69) is 5.32 Å². The summed E-state index contributed by atoms with van der Waals surface area (Å²) in [7, 11) is 3.00. The van der Waals surface area contributed by atoms with Crippen molar-refractivity contribution in [3.05, 3.63) is 54.2 Å². The highest BCUT2D eigenvalue weighted by Gasteiger charge is 2.20. The first-order valence-electron chi connectivity index (χ1n) is 10.2. The number of aromatic hydroxyl groups is 1. The molecule has 0 unspecified atom stereocenters. The van der Waals surface area contributed by atoms with Crippen molar-refractivity contribution in [2.45, 2.75) is 6.92 Å². The Morgan fingerprint density at radius 2 is 1.69 bits per heavy atom. The van der Waals surface area contributed by atoms with E-state index in [4.69, 9.17) is 23.9 Å². The van der Waals surface area contributed by atoms with Gasteiger partial charge in [0.05, 0.1) is 14.2 Å². The molecule has 0 fully saturated rings. The Bertz CT molecular complexity index is 1290. The third-order valence-corrected chi connectivity index (χ3v) is 5.34. The Labute approximate surface area is 185 Å². The molecule has 0 aliphatic carbocycles. The molecule has 164 valence electrons. The van der Waals surface area contributed by atoms with Crippen LogP contribution >= 0.6 is 0 Å². The molecule has 2 aromatic heterocycles. The molecule has 0 saturated heterocycles. The van der Waals surface area contributed by atoms with Crippen LogP contribution in [0.5, 0.6) is 28.7 Å². The lowest BCUT2D eigenvalue weighted by Gasteiger charge is -2.19. The van der Waals surface area contributed by atoms with Crippen molar-refractivity contribution in [3.63, 3.8) is 0 Å². The second-order valence-electron chi connectivity index (χ2n) is 7.45. The van der Waals surface area contributed by atoms with E-state index in [1.54, 1.807) is 12.1 Å². The van der Waals surface area contributed by atoms with Crippen molar-refractivity contribution >= 4 is 17.2 Å². The van der Waals surface area contributed by atoms with Crippen LogP contribution in [0.4, 0.5) is 11.5 Å². The van der Waals surface area contributed by atoms with Crippen LogP contribution in [0.2, 0.25) is 0 Å². The number of phenols is 1. The highest BCUT2D eigenvalue weighted by molar-refractivity contribution is 5.82. The quantitative estimate of drug-likeness (QED) is 0.478. The second-order valence-corrected chi connectivity index (χ2v) is 7.45. The second kappa shape index (κ2) is 7.88. The van der Waals surface area contributed by atoms with E-state index >= 15 is 0 Å². The average molecular weight is 433 g/mol. The molecule has 8 heteroatoms. The smallest absolute Gasteiger partial charge is 0.200 e. The lowest BCUT2D eigenvalue weighted by molar-refractivity contribution is 0.171. The number of nitrogens with one attached hydrogen (secondary N) is 1. The predicted molar refractivity (Wildman–Crippen MR) is 121 cm³/mol. The van der Waals surface area contributed by atoms with Gasteiger partial charge in [-0.3, -0.25) is 4.40 Å². The number of aromatic nitrogens is 2. The van der Waals surface area contributed by atoms with Gasteiger partial charge in [-0.15, -0.1) is 0 Å². The molecule has 5 rings (SSSR count). The fraction of sp³-hybridized carbons (Fsp3) is 0.208. The number of hydrogen-bond donors (Lipinski definition) is 2. The van der Waals surface area contributed by atoms with Crippen molar-refractivity contribution in [2.75, 3.05) is 32.8 Å². The summed E-state index contributed by atoms with van der Waals surface area (Å²) in [6, 6.07) is 13.2. The van der Waals surface area contributed by atoms with Crippen LogP contribution in [-0.2, 0) is 0 Å². The minimum Gasteiger partial charge on any atom is -0.502 e. The molecular weight excluding hydrogens is 410 g/mol. The summed E-state index contributed by atoms with van der Waals surface area (Å²) in [5.74, 6) is 2.73. The standard InChI is InChI=1S/C24H23N3O5/c1-14-6-7-27-21(10-14)26-22(15-11-19(29-2)23(28)20(12-15)30-3)24(27)25-16-4-5-17-18(13-16)32-9-8-31-17/h4-7,10-13,25,28H,8-9H2,1-3H3. The van der Waals surface area contributed by atoms with Crippen molar-refractivity contribution in [1.29, 1.82) is 0 Å². The largest absolute Gasteiger partial charge is 0.502 e. The topological polar surface area (TPSA) is 86.5 Å². The molecule has 2 N–H and O–H groups in total. The van der Waals surface area contributed by atoms with Crippen molar-refractivity contribution in [3.8, 4) is 40.0 Å². The number of methoxy groups -OCH3 is 2. The van der Waals surface area contributed by atoms with E-state index in [1.807, 2.05) is 47.9 Å². The van der Waals surface area contributed by atoms with Gasteiger partial charge in [-0.2, -0.15) is 0 Å². The zero-order chi connectivity index (χ0) is 22.2. The molecule has 32 heavy (non-hydrogen) atoms. The van der Waals surface area contributed by atoms with Gasteiger partial charge < -0.3 is 29.4 Å². The summed E-state index contributed by atoms with van der Waals surface area (Å²) in [6.07, 6.45) is 1.97. The van der Waals surface area contributed by atoms with E-state index in [9.17, 15) is 5.11 Å². The Hall–Kier alpha value is -4.07. The average Bonchev–Trinajstić information content (AvgIpc) is 3.16. The number of pyridine rings is 1. The molecule has 0 radical (unpaired) electrons. The molecule has 0 saturated carbocycles. The maximum absolute atomic E-state index is 10.3. The van der Waals surface area contributed by atoms with E-state index in [0.717, 1.165) is 34.0 Å². The van der Waals surface area contributed by atoms with E-state index in [-0.39, 0.29) is 5.75 Å². The lowest BCUT2D eigenvalue weighted by atomic mass is 10.1. The fourth-order valence-corrected chi connectivity index (χ4v) is 3.76. The Morgan fingerprint density at radius 3 is 2.41 bits per heavy atom. The molecule has 3 heterocycles. The van der Waals surface area contributed by atoms with Crippen LogP contribution in [0.15, 0.2) is 48.7 Å². The highest BCUT2D eigenvalue weighted by atomic mass is 16.6. The molecule has 0 atom stereocenters. The number of fused-ring (bicyclic) bond motifs is 2. The van der Waals surface area contributed by atoms with Crippen molar-refractivity contribution < 1.29 is 24.1 Å². The van der Waals surface area contributed by atoms with Crippen LogP contribution in [-0.4, -0.2) is 41.9 Å². The van der Waals surface area contributed by atoms with E-state index < -0.39 is 0 Å². The van der Waals surface area contributed by atoms with Gasteiger partial charge in [-0.25, -0.2) is 4.98 Å². The molecular formula is C24H23N3O5. The molecule has 0 amide bonds. The maximum atomic E-state index is 10.3. The summed E-state index contributed by atoms with van der Waals surface area (Å²) in [6.45, 7) is 3.08. The first kappa shape index (κ1) is 19.9. The number of rotatable bonds is 5. The van der Waals surface area contributed by atoms with Crippen LogP contribution in [0.25, 0.3) is 16.9 Å². The number of imidazole rings is 1. The molecule has 2 aromatic carbocycles. The molecule has 8 nitrogen and oxygen atoms in total. The first-order chi connectivity index (χ1) is 15.6. The van der Waals surface area contributed by atoms with Gasteiger partial charge in [0, 0.05) is 23.5 Å². The number of ether oxygens (including phenoxy) is 4. The van der Waals surface area contributed by atoms with Gasteiger partial charge in [0.25, 0.3) is 0 Å². The fourth-order valence-electron chi connectivity index (χ4n) is 3.76. The number of benzene rings is 2. The van der Waals surface area contributed by atoms with Crippen LogP contribution < -0.4 is 24.3 Å². The van der Waals surface area contributed by atoms with Gasteiger partial charge >= 0.3 is 0 Å². The van der Waals surface area contributed by atoms with Crippen LogP contribution in [0, 0.1) is 6.92 Å². The van der Waals surface area contributed by atoms with E-state index in [1.165, 1.54) is 14.2 Å². The van der Waals surface area contributed by atoms with Crippen LogP contribution in [0.1, 0.15) is 5.56 Å². The van der Waals surface area contributed by atoms with Crippen molar-refractivity contribution in [2.24, 2.45) is 0 Å². The number of anilines is 2. The van der Waals surface area contributed by atoms with E-state index in [0.29, 0.717) is 36.2 Å². The van der Waals surface area contributed by atoms with Gasteiger partial charge in [-0.1, -0.05) is 0 Å². The predicted octanol–water partition coefficient (Wildman–Crippen LogP) is 4.55. The van der Waals surface area contributed by atoms with Gasteiger partial charge in [0.1, 0.15) is 30.4 Å². The number of phenolic OH excluding ortho intramolecular Hbond substituents is 1. The minimum atomic E-state index is -0.0558. The van der Waals surface area contributed by atoms with Crippen LogP contribution in [0.3, 0.4) is 0 Å². The summed E-state index contributed by atoms with van der Waals surface area (Å²) < 4.78 is 24.0. The lowest BCUT2D eigenvalue weighted by Crippen LogP contribution is -2.15. The number of hydrogen-bond acceptors (Lipinski definition) is 7. The third-order valence-electron chi connectivity index (χ3n) is 5.34. The monoisotopic (exact) mass is 433 g/mol. The molecule has 1 aliphatic heterocycles. The van der Waals surface area contributed by atoms with Gasteiger partial charge in [-0.05, 0) is 48.9 Å². The minimum absolute atomic E-state index is 0.0558. The number of nitrogens with zero attached hydrogens (tertiary/aromatic N) is 2. The third kappa shape index (κ3) is 3.39. The summed E-state index contributed by atoms with van der Waals surface area (Å²) in [5.41, 5.74) is 4.13. The SMILES string of the molecule is COc1cc(-c2nc3cc(C)ccn3c2Nc2ccc3c(c2)OCCO3)cc(OC)c1O. The molecule has 0 bridgehead atoms. The first-order valence-corrected chi connectivity index (χ1v) is 10.2. The van der Waals surface area contributed by atoms with Gasteiger partial charge in [0.15, 0.2) is 23.0 Å². The molecule has 0 spiro atoms. The zero-order valence-corrected chi connectivity index (χ0v) is 18.0. The Kier molecular flexibility index (Phi) is 4.89. The number of aryl methyl sites for hydroxylation is 1. The zero-order valence-electron chi connectivity index (χ0n) is 18.0. The normalized spacial score (nSPS) is 12.6. The van der Waals surface area contributed by atoms with Crippen molar-refractivity contribution in [1.82, 2.24) is 9.38 Å². The van der Waals surface area contributed by atoms with Gasteiger partial charge in [0.2, 0.25) is 5.75 Å². The summed E-state index contributed by atoms with van der Waals surface area (Å²) in [4.78, 5) is 4.86.